The van der Waals surface area contributed by atoms with Gasteiger partial charge in [0.15, 0.2) is 0 Å². The summed E-state index contributed by atoms with van der Waals surface area (Å²) < 4.78 is 12.7. The Morgan fingerprint density at radius 1 is 1.00 bits per heavy atom. The van der Waals surface area contributed by atoms with Gasteiger partial charge in [0.1, 0.15) is 5.82 Å². The maximum atomic E-state index is 12.7. The van der Waals surface area contributed by atoms with Crippen LogP contribution in [0, 0.1) is 5.82 Å². The summed E-state index contributed by atoms with van der Waals surface area (Å²) in [6, 6.07) is 13.9. The molecular weight excluding hydrogens is 249 g/mol. The lowest BCUT2D eigenvalue weighted by molar-refractivity contribution is -0.117. The first-order valence-corrected chi connectivity index (χ1v) is 6.26. The molecule has 2 aromatic carbocycles. The lowest BCUT2D eigenvalue weighted by atomic mass is 10.1. The number of hydrogen-bond acceptors (Lipinski definition) is 2. The number of hydrogen-bond donors (Lipinski definition) is 1. The van der Waals surface area contributed by atoms with Crippen LogP contribution in [0.2, 0.25) is 0 Å². The fourth-order valence-corrected chi connectivity index (χ4v) is 2.33. The van der Waals surface area contributed by atoms with Crippen molar-refractivity contribution in [1.29, 1.82) is 0 Å². The average Bonchev–Trinajstić information content (AvgIpc) is 2.34. The highest BCUT2D eigenvalue weighted by Gasteiger charge is 2.00. The van der Waals surface area contributed by atoms with E-state index in [1.54, 1.807) is 23.9 Å². The molecule has 92 valence electrons. The minimum Gasteiger partial charge on any atom is -0.369 e. The third-order valence-electron chi connectivity index (χ3n) is 2.35. The van der Waals surface area contributed by atoms with Gasteiger partial charge in [-0.3, -0.25) is 4.79 Å². The maximum Gasteiger partial charge on any atom is 0.221 e. The van der Waals surface area contributed by atoms with E-state index in [0.29, 0.717) is 0 Å². The smallest absolute Gasteiger partial charge is 0.221 e. The Morgan fingerprint density at radius 3 is 2.00 bits per heavy atom. The van der Waals surface area contributed by atoms with Crippen molar-refractivity contribution in [2.75, 3.05) is 0 Å². The zero-order valence-electron chi connectivity index (χ0n) is 9.60. The maximum absolute atomic E-state index is 12.7. The molecule has 0 aliphatic heterocycles. The molecule has 0 saturated carbocycles. The van der Waals surface area contributed by atoms with E-state index in [4.69, 9.17) is 5.73 Å². The lowest BCUT2D eigenvalue weighted by Gasteiger charge is -2.03. The molecule has 2 rings (SSSR count). The monoisotopic (exact) mass is 261 g/mol. The Labute approximate surface area is 109 Å². The van der Waals surface area contributed by atoms with Crippen molar-refractivity contribution in [2.24, 2.45) is 5.73 Å². The van der Waals surface area contributed by atoms with Gasteiger partial charge in [-0.15, -0.1) is 0 Å². The van der Waals surface area contributed by atoms with Gasteiger partial charge in [0.05, 0.1) is 6.42 Å². The number of benzene rings is 2. The van der Waals surface area contributed by atoms with Crippen molar-refractivity contribution < 1.29 is 9.18 Å². The molecule has 0 saturated heterocycles. The van der Waals surface area contributed by atoms with Crippen LogP contribution in [-0.4, -0.2) is 5.91 Å². The zero-order chi connectivity index (χ0) is 13.0. The summed E-state index contributed by atoms with van der Waals surface area (Å²) >= 11 is 1.54. The molecular formula is C14H12FNOS. The normalized spacial score (nSPS) is 10.3. The van der Waals surface area contributed by atoms with E-state index >= 15 is 0 Å². The first-order chi connectivity index (χ1) is 8.63. The molecule has 0 heterocycles. The van der Waals surface area contributed by atoms with Crippen LogP contribution < -0.4 is 5.73 Å². The molecule has 4 heteroatoms. The standard InChI is InChI=1S/C14H12FNOS/c15-11-3-7-13(8-4-11)18-12-5-1-10(2-6-12)9-14(16)17/h1-8H,9H2,(H2,16,17). The number of rotatable bonds is 4. The van der Waals surface area contributed by atoms with Crippen molar-refractivity contribution in [3.05, 3.63) is 59.9 Å². The fourth-order valence-electron chi connectivity index (χ4n) is 1.52. The van der Waals surface area contributed by atoms with Crippen molar-refractivity contribution in [1.82, 2.24) is 0 Å². The molecule has 2 nitrogen and oxygen atoms in total. The van der Waals surface area contributed by atoms with E-state index in [1.807, 2.05) is 24.3 Å². The SMILES string of the molecule is NC(=O)Cc1ccc(Sc2ccc(F)cc2)cc1. The minimum atomic E-state index is -0.339. The van der Waals surface area contributed by atoms with Gasteiger partial charge in [-0.2, -0.15) is 0 Å². The number of carbonyl (C=O) groups excluding carboxylic acids is 1. The predicted octanol–water partition coefficient (Wildman–Crippen LogP) is 3.00. The third kappa shape index (κ3) is 3.60. The summed E-state index contributed by atoms with van der Waals surface area (Å²) in [4.78, 5) is 12.8. The molecule has 0 atom stereocenters. The molecule has 0 aliphatic rings. The molecule has 0 spiro atoms. The predicted molar refractivity (Wildman–Crippen MR) is 69.9 cm³/mol. The van der Waals surface area contributed by atoms with Crippen LogP contribution in [0.25, 0.3) is 0 Å². The highest BCUT2D eigenvalue weighted by atomic mass is 32.2. The van der Waals surface area contributed by atoms with Crippen molar-refractivity contribution in [3.8, 4) is 0 Å². The van der Waals surface area contributed by atoms with Crippen LogP contribution in [0.1, 0.15) is 5.56 Å². The average molecular weight is 261 g/mol. The Hall–Kier alpha value is -1.81. The van der Waals surface area contributed by atoms with E-state index < -0.39 is 0 Å². The minimum absolute atomic E-state index is 0.240. The number of primary amides is 1. The number of nitrogens with two attached hydrogens (primary N) is 1. The van der Waals surface area contributed by atoms with Gasteiger partial charge < -0.3 is 5.73 Å². The van der Waals surface area contributed by atoms with Gasteiger partial charge in [0, 0.05) is 9.79 Å². The van der Waals surface area contributed by atoms with Crippen LogP contribution in [-0.2, 0) is 11.2 Å². The van der Waals surface area contributed by atoms with E-state index in [1.165, 1.54) is 12.1 Å². The van der Waals surface area contributed by atoms with Crippen molar-refractivity contribution in [2.45, 2.75) is 16.2 Å². The molecule has 0 fully saturated rings. The summed E-state index contributed by atoms with van der Waals surface area (Å²) in [5, 5.41) is 0. The second-order valence-corrected chi connectivity index (χ2v) is 4.99. The quantitative estimate of drug-likeness (QED) is 0.919. The number of halogens is 1. The van der Waals surface area contributed by atoms with E-state index in [9.17, 15) is 9.18 Å². The Balaban J connectivity index is 2.06. The zero-order valence-corrected chi connectivity index (χ0v) is 10.4. The molecule has 2 aromatic rings. The van der Waals surface area contributed by atoms with Crippen molar-refractivity contribution in [3.63, 3.8) is 0 Å². The molecule has 0 unspecified atom stereocenters. The van der Waals surface area contributed by atoms with Gasteiger partial charge in [0.2, 0.25) is 5.91 Å². The van der Waals surface area contributed by atoms with Crippen LogP contribution in [0.15, 0.2) is 58.3 Å². The highest BCUT2D eigenvalue weighted by Crippen LogP contribution is 2.27. The molecule has 2 N–H and O–H groups in total. The van der Waals surface area contributed by atoms with E-state index in [2.05, 4.69) is 0 Å². The van der Waals surface area contributed by atoms with Crippen molar-refractivity contribution >= 4 is 17.7 Å². The number of amides is 1. The van der Waals surface area contributed by atoms with Crippen LogP contribution in [0.5, 0.6) is 0 Å². The molecule has 18 heavy (non-hydrogen) atoms. The van der Waals surface area contributed by atoms with Gasteiger partial charge in [0.25, 0.3) is 0 Å². The van der Waals surface area contributed by atoms with Crippen LogP contribution in [0.3, 0.4) is 0 Å². The Morgan fingerprint density at radius 2 is 1.50 bits per heavy atom. The highest BCUT2D eigenvalue weighted by molar-refractivity contribution is 7.99. The Bertz CT molecular complexity index is 537. The van der Waals surface area contributed by atoms with Gasteiger partial charge >= 0.3 is 0 Å². The van der Waals surface area contributed by atoms with Gasteiger partial charge in [-0.05, 0) is 42.0 Å². The summed E-state index contributed by atoms with van der Waals surface area (Å²) in [5.41, 5.74) is 6.01. The van der Waals surface area contributed by atoms with Crippen LogP contribution >= 0.6 is 11.8 Å². The van der Waals surface area contributed by atoms with Gasteiger partial charge in [-0.1, -0.05) is 23.9 Å². The fraction of sp³-hybridized carbons (Fsp3) is 0.0714. The second kappa shape index (κ2) is 5.69. The van der Waals surface area contributed by atoms with Crippen LogP contribution in [0.4, 0.5) is 4.39 Å². The van der Waals surface area contributed by atoms with E-state index in [-0.39, 0.29) is 18.1 Å². The molecule has 0 aromatic heterocycles. The summed E-state index contributed by atoms with van der Waals surface area (Å²) in [6.07, 6.45) is 0.251. The summed E-state index contributed by atoms with van der Waals surface area (Å²) in [5.74, 6) is -0.579. The Kier molecular flexibility index (Phi) is 3.99. The summed E-state index contributed by atoms with van der Waals surface area (Å²) in [6.45, 7) is 0. The topological polar surface area (TPSA) is 43.1 Å². The molecule has 0 aliphatic carbocycles. The first kappa shape index (κ1) is 12.6. The van der Waals surface area contributed by atoms with E-state index in [0.717, 1.165) is 15.4 Å². The third-order valence-corrected chi connectivity index (χ3v) is 3.37. The molecule has 0 bridgehead atoms. The second-order valence-electron chi connectivity index (χ2n) is 3.84. The largest absolute Gasteiger partial charge is 0.369 e. The first-order valence-electron chi connectivity index (χ1n) is 5.44. The molecule has 0 radical (unpaired) electrons. The molecule has 1 amide bonds. The summed E-state index contributed by atoms with van der Waals surface area (Å²) in [7, 11) is 0. The lowest BCUT2D eigenvalue weighted by Crippen LogP contribution is -2.13. The van der Waals surface area contributed by atoms with Gasteiger partial charge in [-0.25, -0.2) is 4.39 Å². The number of carbonyl (C=O) groups is 1.